The van der Waals surface area contributed by atoms with Crippen molar-refractivity contribution in [1.29, 1.82) is 0 Å². The average molecular weight is 360 g/mol. The average Bonchev–Trinajstić information content (AvgIpc) is 3.30. The number of benzene rings is 1. The van der Waals surface area contributed by atoms with Crippen LogP contribution in [0.4, 0.5) is 4.79 Å². The second-order valence-corrected chi connectivity index (χ2v) is 7.55. The first-order valence-corrected chi connectivity index (χ1v) is 8.51. The fourth-order valence-corrected chi connectivity index (χ4v) is 2.60. The summed E-state index contributed by atoms with van der Waals surface area (Å²) in [5, 5.41) is 13.4. The molecule has 0 bridgehead atoms. The number of aromatic hydroxyl groups is 1. The number of ether oxygens (including phenoxy) is 3. The van der Waals surface area contributed by atoms with Crippen molar-refractivity contribution in [2.45, 2.75) is 44.8 Å². The standard InChI is InChI=1S/C19H24N2O5/c1-18(2,3)26-17(23)21-19(6-7-19)11-25-16-10-13-12(9-15(16)24-4)14(22)5-8-20-13/h5,8-10H,6-7,11H2,1-4H3,(H,20,22)(H,21,23). The van der Waals surface area contributed by atoms with E-state index >= 15 is 0 Å². The van der Waals surface area contributed by atoms with E-state index in [1.165, 1.54) is 19.4 Å². The lowest BCUT2D eigenvalue weighted by Crippen LogP contribution is -2.44. The summed E-state index contributed by atoms with van der Waals surface area (Å²) in [5.74, 6) is 1.13. The number of methoxy groups -OCH3 is 1. The molecule has 2 N–H and O–H groups in total. The van der Waals surface area contributed by atoms with Gasteiger partial charge in [0, 0.05) is 17.6 Å². The van der Waals surface area contributed by atoms with E-state index in [9.17, 15) is 9.90 Å². The van der Waals surface area contributed by atoms with Gasteiger partial charge in [-0.1, -0.05) is 0 Å². The fraction of sp³-hybridized carbons (Fsp3) is 0.474. The summed E-state index contributed by atoms with van der Waals surface area (Å²) in [7, 11) is 1.54. The van der Waals surface area contributed by atoms with E-state index in [1.54, 1.807) is 12.1 Å². The molecule has 7 nitrogen and oxygen atoms in total. The molecule has 1 aromatic carbocycles. The van der Waals surface area contributed by atoms with Gasteiger partial charge in [0.2, 0.25) is 0 Å². The lowest BCUT2D eigenvalue weighted by Gasteiger charge is -2.24. The quantitative estimate of drug-likeness (QED) is 0.849. The van der Waals surface area contributed by atoms with E-state index in [-0.39, 0.29) is 5.75 Å². The zero-order valence-electron chi connectivity index (χ0n) is 15.5. The summed E-state index contributed by atoms with van der Waals surface area (Å²) in [6, 6.07) is 4.93. The van der Waals surface area contributed by atoms with E-state index in [0.717, 1.165) is 12.8 Å². The van der Waals surface area contributed by atoms with E-state index in [1.807, 2.05) is 20.8 Å². The van der Waals surface area contributed by atoms with Crippen LogP contribution in [0.1, 0.15) is 33.6 Å². The maximum absolute atomic E-state index is 12.0. The summed E-state index contributed by atoms with van der Waals surface area (Å²) < 4.78 is 16.6. The van der Waals surface area contributed by atoms with Gasteiger partial charge in [-0.25, -0.2) is 4.79 Å². The molecular formula is C19H24N2O5. The first kappa shape index (κ1) is 18.1. The minimum absolute atomic E-state index is 0.130. The maximum Gasteiger partial charge on any atom is 0.408 e. The van der Waals surface area contributed by atoms with Crippen LogP contribution in [0.3, 0.4) is 0 Å². The first-order valence-electron chi connectivity index (χ1n) is 8.51. The highest BCUT2D eigenvalue weighted by molar-refractivity contribution is 5.87. The second kappa shape index (κ2) is 6.55. The number of carbonyl (C=O) groups is 1. The van der Waals surface area contributed by atoms with Crippen LogP contribution in [0, 0.1) is 0 Å². The van der Waals surface area contributed by atoms with Gasteiger partial charge in [-0.2, -0.15) is 0 Å². The molecule has 140 valence electrons. The summed E-state index contributed by atoms with van der Waals surface area (Å²) in [6.45, 7) is 5.77. The van der Waals surface area contributed by atoms with E-state index in [0.29, 0.717) is 29.0 Å². The van der Waals surface area contributed by atoms with Crippen molar-refractivity contribution in [2.75, 3.05) is 13.7 Å². The van der Waals surface area contributed by atoms with Crippen LogP contribution in [0.2, 0.25) is 0 Å². The van der Waals surface area contributed by atoms with Crippen LogP contribution in [-0.2, 0) is 4.74 Å². The predicted molar refractivity (Wildman–Crippen MR) is 96.8 cm³/mol. The molecular weight excluding hydrogens is 336 g/mol. The van der Waals surface area contributed by atoms with Crippen LogP contribution in [0.15, 0.2) is 24.4 Å². The molecule has 26 heavy (non-hydrogen) atoms. The molecule has 1 saturated carbocycles. The monoisotopic (exact) mass is 360 g/mol. The molecule has 0 aliphatic heterocycles. The van der Waals surface area contributed by atoms with Gasteiger partial charge in [-0.3, -0.25) is 4.98 Å². The summed E-state index contributed by atoms with van der Waals surface area (Å²) in [6.07, 6.45) is 2.72. The van der Waals surface area contributed by atoms with E-state index in [2.05, 4.69) is 10.3 Å². The molecule has 1 aliphatic rings. The number of pyridine rings is 1. The van der Waals surface area contributed by atoms with Gasteiger partial charge in [0.05, 0.1) is 18.2 Å². The highest BCUT2D eigenvalue weighted by Gasteiger charge is 2.46. The Labute approximate surface area is 152 Å². The van der Waals surface area contributed by atoms with Gasteiger partial charge in [0.15, 0.2) is 11.5 Å². The Morgan fingerprint density at radius 3 is 2.65 bits per heavy atom. The summed E-state index contributed by atoms with van der Waals surface area (Å²) in [4.78, 5) is 16.3. The Balaban J connectivity index is 1.72. The molecule has 0 radical (unpaired) electrons. The number of carbonyl (C=O) groups excluding carboxylic acids is 1. The number of amides is 1. The number of aromatic nitrogens is 1. The lowest BCUT2D eigenvalue weighted by molar-refractivity contribution is 0.0476. The SMILES string of the molecule is COc1cc2c(O)ccnc2cc1OCC1(NC(=O)OC(C)(C)C)CC1. The maximum atomic E-state index is 12.0. The third-order valence-electron chi connectivity index (χ3n) is 4.13. The Bertz CT molecular complexity index is 825. The Morgan fingerprint density at radius 1 is 1.31 bits per heavy atom. The van der Waals surface area contributed by atoms with Crippen molar-refractivity contribution in [2.24, 2.45) is 0 Å². The van der Waals surface area contributed by atoms with Crippen molar-refractivity contribution >= 4 is 17.0 Å². The highest BCUT2D eigenvalue weighted by atomic mass is 16.6. The summed E-state index contributed by atoms with van der Waals surface area (Å²) >= 11 is 0. The molecule has 2 aromatic rings. The normalized spacial score (nSPS) is 15.4. The number of hydrogen-bond donors (Lipinski definition) is 2. The van der Waals surface area contributed by atoms with Gasteiger partial charge >= 0.3 is 6.09 Å². The highest BCUT2D eigenvalue weighted by Crippen LogP contribution is 2.39. The van der Waals surface area contributed by atoms with Gasteiger partial charge in [-0.05, 0) is 45.7 Å². The van der Waals surface area contributed by atoms with Gasteiger partial charge < -0.3 is 24.6 Å². The van der Waals surface area contributed by atoms with Crippen LogP contribution >= 0.6 is 0 Å². The molecule has 3 rings (SSSR count). The largest absolute Gasteiger partial charge is 0.507 e. The van der Waals surface area contributed by atoms with Crippen LogP contribution in [0.5, 0.6) is 17.2 Å². The summed E-state index contributed by atoms with van der Waals surface area (Å²) in [5.41, 5.74) is -0.365. The minimum Gasteiger partial charge on any atom is -0.507 e. The molecule has 1 aliphatic carbocycles. The molecule has 1 heterocycles. The number of nitrogens with zero attached hydrogens (tertiary/aromatic N) is 1. The fourth-order valence-electron chi connectivity index (χ4n) is 2.60. The number of fused-ring (bicyclic) bond motifs is 1. The van der Waals surface area contributed by atoms with Crippen molar-refractivity contribution in [3.8, 4) is 17.2 Å². The molecule has 1 amide bonds. The van der Waals surface area contributed by atoms with E-state index in [4.69, 9.17) is 14.2 Å². The number of alkyl carbamates (subject to hydrolysis) is 1. The van der Waals surface area contributed by atoms with Crippen LogP contribution < -0.4 is 14.8 Å². The third-order valence-corrected chi connectivity index (χ3v) is 4.13. The number of nitrogens with one attached hydrogen (secondary N) is 1. The van der Waals surface area contributed by atoms with Crippen molar-refractivity contribution in [3.63, 3.8) is 0 Å². The third kappa shape index (κ3) is 4.09. The van der Waals surface area contributed by atoms with Crippen LogP contribution in [-0.4, -0.2) is 41.0 Å². The van der Waals surface area contributed by atoms with Crippen molar-refractivity contribution < 1.29 is 24.1 Å². The Morgan fingerprint density at radius 2 is 2.04 bits per heavy atom. The molecule has 0 unspecified atom stereocenters. The first-order chi connectivity index (χ1) is 12.2. The van der Waals surface area contributed by atoms with Gasteiger partial charge in [0.1, 0.15) is 18.0 Å². The molecule has 0 atom stereocenters. The topological polar surface area (TPSA) is 89.9 Å². The molecule has 1 aromatic heterocycles. The molecule has 0 saturated heterocycles. The zero-order chi connectivity index (χ0) is 18.9. The van der Waals surface area contributed by atoms with Crippen molar-refractivity contribution in [3.05, 3.63) is 24.4 Å². The van der Waals surface area contributed by atoms with Gasteiger partial charge in [0.25, 0.3) is 0 Å². The minimum atomic E-state index is -0.545. The van der Waals surface area contributed by atoms with Gasteiger partial charge in [-0.15, -0.1) is 0 Å². The van der Waals surface area contributed by atoms with E-state index < -0.39 is 17.2 Å². The van der Waals surface area contributed by atoms with Crippen molar-refractivity contribution in [1.82, 2.24) is 10.3 Å². The lowest BCUT2D eigenvalue weighted by atomic mass is 10.2. The molecule has 0 spiro atoms. The molecule has 1 fully saturated rings. The number of hydrogen-bond acceptors (Lipinski definition) is 6. The second-order valence-electron chi connectivity index (χ2n) is 7.55. The smallest absolute Gasteiger partial charge is 0.408 e. The zero-order valence-corrected chi connectivity index (χ0v) is 15.5. The Hall–Kier alpha value is -2.70. The molecule has 7 heteroatoms. The predicted octanol–water partition coefficient (Wildman–Crippen LogP) is 3.39. The van der Waals surface area contributed by atoms with Crippen LogP contribution in [0.25, 0.3) is 10.9 Å². The number of rotatable bonds is 5. The Kier molecular flexibility index (Phi) is 4.56.